The van der Waals surface area contributed by atoms with Crippen LogP contribution in [0.5, 0.6) is 23.0 Å². The molecule has 34 heavy (non-hydrogen) atoms. The molecular weight excluding hydrogens is 452 g/mol. The van der Waals surface area contributed by atoms with Crippen LogP contribution < -0.4 is 24.3 Å². The molecule has 11 heteroatoms. The van der Waals surface area contributed by atoms with Crippen molar-refractivity contribution in [3.8, 4) is 23.0 Å². The van der Waals surface area contributed by atoms with E-state index in [1.807, 2.05) is 6.92 Å². The Morgan fingerprint density at radius 2 is 1.62 bits per heavy atom. The first-order valence-corrected chi connectivity index (χ1v) is 10.2. The molecule has 0 aliphatic rings. The normalized spacial score (nSPS) is 11.6. The number of halogens is 2. The second-order valence-electron chi connectivity index (χ2n) is 7.17. The molecule has 9 nitrogen and oxygen atoms in total. The number of aliphatic hydroxyl groups excluding tert-OH is 2. The van der Waals surface area contributed by atoms with Crippen molar-refractivity contribution in [1.29, 1.82) is 0 Å². The third-order valence-corrected chi connectivity index (χ3v) is 4.75. The van der Waals surface area contributed by atoms with Gasteiger partial charge in [-0.05, 0) is 30.7 Å². The average Bonchev–Trinajstić information content (AvgIpc) is 2.84. The fourth-order valence-corrected chi connectivity index (χ4v) is 2.93. The van der Waals surface area contributed by atoms with Crippen molar-refractivity contribution in [1.82, 2.24) is 9.97 Å². The molecule has 0 bridgehead atoms. The summed E-state index contributed by atoms with van der Waals surface area (Å²) < 4.78 is 49.6. The van der Waals surface area contributed by atoms with E-state index < -0.39 is 24.3 Å². The summed E-state index contributed by atoms with van der Waals surface area (Å²) in [7, 11) is 2.54. The number of aliphatic hydroxyl groups is 2. The Kier molecular flexibility index (Phi) is 8.39. The molecule has 1 heterocycles. The number of anilines is 2. The Balaban J connectivity index is 1.64. The maximum atomic E-state index is 14.5. The second-order valence-corrected chi connectivity index (χ2v) is 7.17. The van der Waals surface area contributed by atoms with Crippen molar-refractivity contribution in [2.24, 2.45) is 0 Å². The van der Waals surface area contributed by atoms with Gasteiger partial charge in [0.05, 0.1) is 38.8 Å². The first kappa shape index (κ1) is 24.9. The molecule has 0 spiro atoms. The van der Waals surface area contributed by atoms with Crippen LogP contribution in [0.3, 0.4) is 0 Å². The van der Waals surface area contributed by atoms with Gasteiger partial charge in [0.15, 0.2) is 28.9 Å². The Labute approximate surface area is 194 Å². The molecule has 3 rings (SSSR count). The van der Waals surface area contributed by atoms with Crippen LogP contribution in [0.15, 0.2) is 36.7 Å². The molecule has 0 radical (unpaired) electrons. The van der Waals surface area contributed by atoms with Gasteiger partial charge in [-0.2, -0.15) is 0 Å². The van der Waals surface area contributed by atoms with E-state index in [1.165, 1.54) is 26.6 Å². The van der Waals surface area contributed by atoms with Gasteiger partial charge in [0.25, 0.3) is 0 Å². The van der Waals surface area contributed by atoms with Crippen LogP contribution in [-0.2, 0) is 6.61 Å². The summed E-state index contributed by atoms with van der Waals surface area (Å²) in [5, 5.41) is 21.3. The van der Waals surface area contributed by atoms with Crippen LogP contribution in [0.25, 0.3) is 0 Å². The van der Waals surface area contributed by atoms with Crippen LogP contribution >= 0.6 is 0 Å². The summed E-state index contributed by atoms with van der Waals surface area (Å²) >= 11 is 0. The van der Waals surface area contributed by atoms with Crippen molar-refractivity contribution >= 4 is 11.6 Å². The monoisotopic (exact) mass is 477 g/mol. The number of rotatable bonds is 11. The third-order valence-electron chi connectivity index (χ3n) is 4.75. The Bertz CT molecular complexity index is 1090. The Hall–Kier alpha value is -3.70. The van der Waals surface area contributed by atoms with Crippen LogP contribution in [0.4, 0.5) is 20.4 Å². The molecule has 0 fully saturated rings. The molecular formula is C23H25F2N3O6. The number of benzene rings is 2. The number of nitrogens with zero attached hydrogens (tertiary/aromatic N) is 2. The summed E-state index contributed by atoms with van der Waals surface area (Å²) in [6.07, 6.45) is 1.78. The highest BCUT2D eigenvalue weighted by Crippen LogP contribution is 2.32. The number of ether oxygens (including phenoxy) is 4. The lowest BCUT2D eigenvalue weighted by molar-refractivity contribution is 0.0534. The summed E-state index contributed by atoms with van der Waals surface area (Å²) in [6, 6.07) is 6.38. The number of nitrogens with one attached hydrogen (secondary N) is 1. The van der Waals surface area contributed by atoms with Gasteiger partial charge < -0.3 is 34.5 Å². The quantitative estimate of drug-likeness (QED) is 0.383. The maximum Gasteiger partial charge on any atom is 0.227 e. The Morgan fingerprint density at radius 1 is 0.971 bits per heavy atom. The molecule has 1 atom stereocenters. The van der Waals surface area contributed by atoms with E-state index in [0.717, 1.165) is 11.6 Å². The number of hydrogen-bond acceptors (Lipinski definition) is 9. The highest BCUT2D eigenvalue weighted by molar-refractivity contribution is 5.57. The average molecular weight is 477 g/mol. The van der Waals surface area contributed by atoms with E-state index in [0.29, 0.717) is 11.4 Å². The minimum atomic E-state index is -0.953. The van der Waals surface area contributed by atoms with E-state index in [2.05, 4.69) is 15.3 Å². The topological polar surface area (TPSA) is 115 Å². The van der Waals surface area contributed by atoms with Gasteiger partial charge in [0.1, 0.15) is 25.1 Å². The van der Waals surface area contributed by atoms with E-state index in [9.17, 15) is 13.9 Å². The second kappa shape index (κ2) is 11.4. The van der Waals surface area contributed by atoms with E-state index in [1.54, 1.807) is 18.2 Å². The largest absolute Gasteiger partial charge is 0.494 e. The molecule has 0 saturated carbocycles. The summed E-state index contributed by atoms with van der Waals surface area (Å²) in [6.45, 7) is 1.00. The number of aryl methyl sites for hydroxylation is 1. The lowest BCUT2D eigenvalue weighted by Gasteiger charge is -2.14. The van der Waals surface area contributed by atoms with Gasteiger partial charge >= 0.3 is 0 Å². The molecule has 1 aromatic heterocycles. The van der Waals surface area contributed by atoms with Gasteiger partial charge in [-0.1, -0.05) is 0 Å². The molecule has 0 aliphatic carbocycles. The van der Waals surface area contributed by atoms with Gasteiger partial charge in [0, 0.05) is 11.8 Å². The fraction of sp³-hybridized carbons (Fsp3) is 0.304. The lowest BCUT2D eigenvalue weighted by atomic mass is 10.1. The zero-order valence-electron chi connectivity index (χ0n) is 18.8. The number of aromatic nitrogens is 2. The number of methoxy groups -OCH3 is 2. The van der Waals surface area contributed by atoms with Crippen molar-refractivity contribution in [3.05, 3.63) is 59.4 Å². The minimum Gasteiger partial charge on any atom is -0.494 e. The van der Waals surface area contributed by atoms with E-state index >= 15 is 0 Å². The van der Waals surface area contributed by atoms with Gasteiger partial charge in [-0.3, -0.25) is 0 Å². The van der Waals surface area contributed by atoms with Crippen LogP contribution in [0, 0.1) is 18.6 Å². The summed E-state index contributed by atoms with van der Waals surface area (Å²) in [5.74, 6) is -1.04. The van der Waals surface area contributed by atoms with Crippen LogP contribution in [0.1, 0.15) is 11.1 Å². The number of hydrogen-bond donors (Lipinski definition) is 3. The first-order valence-electron chi connectivity index (χ1n) is 10.2. The first-order chi connectivity index (χ1) is 16.4. The third kappa shape index (κ3) is 6.00. The molecule has 3 aromatic rings. The van der Waals surface area contributed by atoms with E-state index in [4.69, 9.17) is 24.1 Å². The van der Waals surface area contributed by atoms with Gasteiger partial charge in [-0.25, -0.2) is 18.7 Å². The molecule has 182 valence electrons. The van der Waals surface area contributed by atoms with Crippen molar-refractivity contribution in [2.45, 2.75) is 19.6 Å². The zero-order valence-corrected chi connectivity index (χ0v) is 18.8. The Morgan fingerprint density at radius 3 is 2.18 bits per heavy atom. The zero-order chi connectivity index (χ0) is 24.7. The lowest BCUT2D eigenvalue weighted by Crippen LogP contribution is -2.21. The highest BCUT2D eigenvalue weighted by Gasteiger charge is 2.20. The summed E-state index contributed by atoms with van der Waals surface area (Å²) in [4.78, 5) is 8.29. The smallest absolute Gasteiger partial charge is 0.227 e. The standard InChI is InChI=1S/C23H25F2N3O6/c1-13-6-14(4-5-18(13)34-11-15(30)10-29)28-23-26-8-16(9-27-23)33-12-17-21(24)19(31-2)7-20(32-3)22(17)25/h4-9,15,29-30H,10-12H2,1-3H3,(H,26,27,28). The molecule has 0 saturated heterocycles. The molecule has 1 unspecified atom stereocenters. The van der Waals surface area contributed by atoms with Crippen molar-refractivity contribution in [3.63, 3.8) is 0 Å². The van der Waals surface area contributed by atoms with Crippen LogP contribution in [0.2, 0.25) is 0 Å². The predicted octanol–water partition coefficient (Wildman–Crippen LogP) is 3.14. The maximum absolute atomic E-state index is 14.5. The molecule has 0 aliphatic heterocycles. The molecule has 3 N–H and O–H groups in total. The SMILES string of the molecule is COc1cc(OC)c(F)c(COc2cnc(Nc3ccc(OCC(O)CO)c(C)c3)nc2)c1F. The molecule has 2 aromatic carbocycles. The van der Waals surface area contributed by atoms with Gasteiger partial charge in [0.2, 0.25) is 5.95 Å². The van der Waals surface area contributed by atoms with E-state index in [-0.39, 0.29) is 42.0 Å². The van der Waals surface area contributed by atoms with Gasteiger partial charge in [-0.15, -0.1) is 0 Å². The van der Waals surface area contributed by atoms with Crippen LogP contribution in [-0.4, -0.2) is 53.7 Å². The fourth-order valence-electron chi connectivity index (χ4n) is 2.93. The highest BCUT2D eigenvalue weighted by atomic mass is 19.1. The molecule has 0 amide bonds. The minimum absolute atomic E-state index is 0.0228. The van der Waals surface area contributed by atoms with Crippen molar-refractivity contribution < 1.29 is 37.9 Å². The predicted molar refractivity (Wildman–Crippen MR) is 119 cm³/mol. The summed E-state index contributed by atoms with van der Waals surface area (Å²) in [5.41, 5.74) is 1.14. The van der Waals surface area contributed by atoms with Crippen molar-refractivity contribution in [2.75, 3.05) is 32.8 Å².